The predicted molar refractivity (Wildman–Crippen MR) is 126 cm³/mol. The standard InChI is InChI=1S/C25H27N5O2/c1-3-23(31)28-13-15-29(16-14-28)24-20-11-12-30(17-21(20)26-25(27-24)32-2)22-10-6-8-18-7-4-5-9-19(18)22/h3-10H,1,11-17H2,2H3. The molecule has 0 saturated carbocycles. The second-order valence-corrected chi connectivity index (χ2v) is 8.15. The van der Waals surface area contributed by atoms with Crippen LogP contribution in [0.3, 0.4) is 0 Å². The number of anilines is 2. The van der Waals surface area contributed by atoms with E-state index < -0.39 is 0 Å². The molecule has 5 rings (SSSR count). The summed E-state index contributed by atoms with van der Waals surface area (Å²) in [7, 11) is 1.61. The van der Waals surface area contributed by atoms with Crippen molar-refractivity contribution in [2.45, 2.75) is 13.0 Å². The minimum absolute atomic E-state index is 0.0160. The smallest absolute Gasteiger partial charge is 0.318 e. The van der Waals surface area contributed by atoms with Gasteiger partial charge in [-0.05, 0) is 23.9 Å². The van der Waals surface area contributed by atoms with Gasteiger partial charge in [-0.15, -0.1) is 0 Å². The van der Waals surface area contributed by atoms with Crippen molar-refractivity contribution in [1.82, 2.24) is 14.9 Å². The quantitative estimate of drug-likeness (QED) is 0.594. The molecule has 2 aliphatic rings. The second-order valence-electron chi connectivity index (χ2n) is 8.15. The summed E-state index contributed by atoms with van der Waals surface area (Å²) < 4.78 is 5.45. The van der Waals surface area contributed by atoms with E-state index >= 15 is 0 Å². The summed E-state index contributed by atoms with van der Waals surface area (Å²) in [5.41, 5.74) is 3.42. The monoisotopic (exact) mass is 429 g/mol. The molecule has 0 unspecified atom stereocenters. The van der Waals surface area contributed by atoms with Gasteiger partial charge in [-0.1, -0.05) is 43.0 Å². The summed E-state index contributed by atoms with van der Waals surface area (Å²) in [5, 5.41) is 2.49. The number of methoxy groups -OCH3 is 1. The Morgan fingerprint density at radius 3 is 2.56 bits per heavy atom. The lowest BCUT2D eigenvalue weighted by atomic mass is 10.0. The molecule has 0 atom stereocenters. The molecule has 0 aliphatic carbocycles. The lowest BCUT2D eigenvalue weighted by Gasteiger charge is -2.38. The molecule has 1 fully saturated rings. The highest BCUT2D eigenvalue weighted by atomic mass is 16.5. The molecule has 2 aliphatic heterocycles. The maximum atomic E-state index is 11.9. The summed E-state index contributed by atoms with van der Waals surface area (Å²) in [6.07, 6.45) is 2.25. The maximum absolute atomic E-state index is 11.9. The lowest BCUT2D eigenvalue weighted by molar-refractivity contribution is -0.126. The van der Waals surface area contributed by atoms with Crippen LogP contribution in [0.1, 0.15) is 11.3 Å². The Balaban J connectivity index is 1.44. The van der Waals surface area contributed by atoms with Crippen molar-refractivity contribution >= 4 is 28.2 Å². The third-order valence-electron chi connectivity index (χ3n) is 6.38. The fourth-order valence-corrected chi connectivity index (χ4v) is 4.70. The van der Waals surface area contributed by atoms with Gasteiger partial charge >= 0.3 is 6.01 Å². The first-order valence-corrected chi connectivity index (χ1v) is 11.0. The Labute approximate surface area is 187 Å². The zero-order valence-corrected chi connectivity index (χ0v) is 18.3. The molecule has 1 amide bonds. The molecule has 3 heterocycles. The minimum atomic E-state index is -0.0160. The highest BCUT2D eigenvalue weighted by Crippen LogP contribution is 2.34. The van der Waals surface area contributed by atoms with Gasteiger partial charge in [0.1, 0.15) is 5.82 Å². The van der Waals surface area contributed by atoms with Gasteiger partial charge in [0.05, 0.1) is 19.3 Å². The Morgan fingerprint density at radius 2 is 1.78 bits per heavy atom. The molecule has 1 saturated heterocycles. The van der Waals surface area contributed by atoms with Crippen LogP contribution in [0.5, 0.6) is 6.01 Å². The first-order chi connectivity index (χ1) is 15.7. The fourth-order valence-electron chi connectivity index (χ4n) is 4.70. The molecule has 0 spiro atoms. The number of nitrogens with zero attached hydrogens (tertiary/aromatic N) is 5. The van der Waals surface area contributed by atoms with Gasteiger partial charge < -0.3 is 19.4 Å². The SMILES string of the molecule is C=CC(=O)N1CCN(c2nc(OC)nc3c2CCN(c2cccc4ccccc24)C3)CC1. The van der Waals surface area contributed by atoms with E-state index in [1.807, 2.05) is 4.90 Å². The highest BCUT2D eigenvalue weighted by molar-refractivity contribution is 5.94. The van der Waals surface area contributed by atoms with Crippen LogP contribution in [0.25, 0.3) is 10.8 Å². The molecule has 0 bridgehead atoms. The molecule has 1 aromatic heterocycles. The number of amides is 1. The largest absolute Gasteiger partial charge is 0.467 e. The van der Waals surface area contributed by atoms with Crippen molar-refractivity contribution in [2.24, 2.45) is 0 Å². The van der Waals surface area contributed by atoms with Gasteiger partial charge in [0, 0.05) is 49.4 Å². The van der Waals surface area contributed by atoms with E-state index in [2.05, 4.69) is 58.8 Å². The Morgan fingerprint density at radius 1 is 1.00 bits per heavy atom. The van der Waals surface area contributed by atoms with Crippen LogP contribution in [0.2, 0.25) is 0 Å². The van der Waals surface area contributed by atoms with Crippen LogP contribution in [-0.4, -0.2) is 60.6 Å². The number of aromatic nitrogens is 2. The average molecular weight is 430 g/mol. The summed E-state index contributed by atoms with van der Waals surface area (Å²) in [6, 6.07) is 15.3. The third-order valence-corrected chi connectivity index (χ3v) is 6.38. The Kier molecular flexibility index (Phi) is 5.39. The van der Waals surface area contributed by atoms with Crippen molar-refractivity contribution < 1.29 is 9.53 Å². The number of hydrogen-bond acceptors (Lipinski definition) is 6. The maximum Gasteiger partial charge on any atom is 0.318 e. The van der Waals surface area contributed by atoms with Crippen molar-refractivity contribution in [3.05, 3.63) is 66.4 Å². The molecular formula is C25H27N5O2. The van der Waals surface area contributed by atoms with Gasteiger partial charge in [-0.2, -0.15) is 9.97 Å². The topological polar surface area (TPSA) is 61.8 Å². The molecule has 7 nitrogen and oxygen atoms in total. The van der Waals surface area contributed by atoms with Crippen molar-refractivity contribution in [1.29, 1.82) is 0 Å². The van der Waals surface area contributed by atoms with Gasteiger partial charge in [0.2, 0.25) is 5.91 Å². The molecule has 3 aromatic rings. The molecule has 32 heavy (non-hydrogen) atoms. The number of rotatable bonds is 4. The van der Waals surface area contributed by atoms with Gasteiger partial charge in [0.25, 0.3) is 0 Å². The second kappa shape index (κ2) is 8.49. The molecule has 164 valence electrons. The van der Waals surface area contributed by atoms with Crippen LogP contribution < -0.4 is 14.5 Å². The van der Waals surface area contributed by atoms with Crippen LogP contribution >= 0.6 is 0 Å². The van der Waals surface area contributed by atoms with Gasteiger partial charge in [-0.3, -0.25) is 4.79 Å². The molecule has 0 N–H and O–H groups in total. The normalized spacial score (nSPS) is 16.1. The van der Waals surface area contributed by atoms with Crippen LogP contribution in [0.15, 0.2) is 55.1 Å². The number of ether oxygens (including phenoxy) is 1. The van der Waals surface area contributed by atoms with E-state index in [-0.39, 0.29) is 5.91 Å². The predicted octanol–water partition coefficient (Wildman–Crippen LogP) is 3.04. The molecule has 7 heteroatoms. The van der Waals surface area contributed by atoms with Gasteiger partial charge in [-0.25, -0.2) is 0 Å². The van der Waals surface area contributed by atoms with Crippen LogP contribution in [-0.2, 0) is 17.8 Å². The zero-order chi connectivity index (χ0) is 22.1. The number of fused-ring (bicyclic) bond motifs is 2. The number of carbonyl (C=O) groups excluding carboxylic acids is 1. The highest BCUT2D eigenvalue weighted by Gasteiger charge is 2.28. The Hall–Kier alpha value is -3.61. The van der Waals surface area contributed by atoms with E-state index in [1.54, 1.807) is 7.11 Å². The molecule has 0 radical (unpaired) electrons. The zero-order valence-electron chi connectivity index (χ0n) is 18.3. The summed E-state index contributed by atoms with van der Waals surface area (Å²) in [5.74, 6) is 0.924. The van der Waals surface area contributed by atoms with E-state index in [1.165, 1.54) is 28.1 Å². The summed E-state index contributed by atoms with van der Waals surface area (Å²) in [6.45, 7) is 8.00. The van der Waals surface area contributed by atoms with E-state index in [0.29, 0.717) is 25.6 Å². The minimum Gasteiger partial charge on any atom is -0.467 e. The van der Waals surface area contributed by atoms with Crippen LogP contribution in [0.4, 0.5) is 11.5 Å². The average Bonchev–Trinajstić information content (AvgIpc) is 2.87. The lowest BCUT2D eigenvalue weighted by Crippen LogP contribution is -2.49. The molecular weight excluding hydrogens is 402 g/mol. The van der Waals surface area contributed by atoms with Gasteiger partial charge in [0.15, 0.2) is 0 Å². The first kappa shape index (κ1) is 20.3. The Bertz CT molecular complexity index is 1160. The van der Waals surface area contributed by atoms with Crippen molar-refractivity contribution in [3.63, 3.8) is 0 Å². The first-order valence-electron chi connectivity index (χ1n) is 11.0. The number of piperazine rings is 1. The van der Waals surface area contributed by atoms with Crippen LogP contribution in [0, 0.1) is 0 Å². The third kappa shape index (κ3) is 3.64. The number of hydrogen-bond donors (Lipinski definition) is 0. The van der Waals surface area contributed by atoms with E-state index in [9.17, 15) is 4.79 Å². The fraction of sp³-hybridized carbons (Fsp3) is 0.320. The van der Waals surface area contributed by atoms with Crippen molar-refractivity contribution in [3.8, 4) is 6.01 Å². The van der Waals surface area contributed by atoms with E-state index in [0.717, 1.165) is 37.6 Å². The van der Waals surface area contributed by atoms with Crippen molar-refractivity contribution in [2.75, 3.05) is 49.6 Å². The summed E-state index contributed by atoms with van der Waals surface area (Å²) >= 11 is 0. The van der Waals surface area contributed by atoms with E-state index in [4.69, 9.17) is 14.7 Å². The molecule has 2 aromatic carbocycles. The summed E-state index contributed by atoms with van der Waals surface area (Å²) in [4.78, 5) is 27.9. The number of benzene rings is 2. The number of carbonyl (C=O) groups is 1.